The summed E-state index contributed by atoms with van der Waals surface area (Å²) < 4.78 is 0. The molecule has 0 bridgehead atoms. The molecule has 1 N–H and O–H groups in total. The van der Waals surface area contributed by atoms with Gasteiger partial charge >= 0.3 is 0 Å². The Morgan fingerprint density at radius 3 is 2.50 bits per heavy atom. The third-order valence-corrected chi connectivity index (χ3v) is 2.05. The molecule has 0 saturated carbocycles. The second-order valence-electron chi connectivity index (χ2n) is 3.24. The number of carbonyl (C=O) groups excluding carboxylic acids is 1. The third-order valence-electron chi connectivity index (χ3n) is 2.05. The molecule has 0 aliphatic carbocycles. The lowest BCUT2D eigenvalue weighted by Gasteiger charge is -2.25. The molecule has 1 rings (SSSR count). The maximum absolute atomic E-state index is 11.4. The van der Waals surface area contributed by atoms with E-state index in [4.69, 9.17) is 0 Å². The van der Waals surface area contributed by atoms with Crippen molar-refractivity contribution < 1.29 is 4.79 Å². The molecule has 4 heteroatoms. The Morgan fingerprint density at radius 2 is 2.08 bits per heavy atom. The van der Waals surface area contributed by atoms with Gasteiger partial charge in [0.05, 0.1) is 6.04 Å². The zero-order chi connectivity index (χ0) is 8.27. The molecule has 0 aromatic rings. The molecule has 1 saturated heterocycles. The van der Waals surface area contributed by atoms with E-state index in [2.05, 4.69) is 5.32 Å². The minimum Gasteiger partial charge on any atom is -0.347 e. The fourth-order valence-electron chi connectivity index (χ4n) is 1.37. The van der Waals surface area contributed by atoms with Crippen LogP contribution in [0.4, 0.5) is 0 Å². The van der Waals surface area contributed by atoms with Gasteiger partial charge in [-0.1, -0.05) is 6.42 Å². The summed E-state index contributed by atoms with van der Waals surface area (Å²) in [4.78, 5) is 13.0. The molecule has 1 fully saturated rings. The predicted octanol–water partition coefficient (Wildman–Crippen LogP) is 0.638. The summed E-state index contributed by atoms with van der Waals surface area (Å²) >= 11 is 0. The molecule has 1 amide bonds. The Morgan fingerprint density at radius 1 is 1.42 bits per heavy atom. The first-order valence-electron chi connectivity index (χ1n) is 4.16. The molecule has 0 radical (unpaired) electrons. The zero-order valence-electron chi connectivity index (χ0n) is 7.67. The summed E-state index contributed by atoms with van der Waals surface area (Å²) in [6, 6.07) is 0.0822. The normalized spacial score (nSPS) is 22.7. The summed E-state index contributed by atoms with van der Waals surface area (Å²) in [5.74, 6) is 0.213. The Balaban J connectivity index is 0.00000121. The van der Waals surface area contributed by atoms with E-state index >= 15 is 0 Å². The van der Waals surface area contributed by atoms with E-state index < -0.39 is 0 Å². The van der Waals surface area contributed by atoms with Crippen molar-refractivity contribution in [1.82, 2.24) is 10.2 Å². The lowest BCUT2D eigenvalue weighted by molar-refractivity contribution is -0.131. The topological polar surface area (TPSA) is 32.3 Å². The number of hydrogen-bond acceptors (Lipinski definition) is 2. The van der Waals surface area contributed by atoms with Crippen molar-refractivity contribution in [1.29, 1.82) is 0 Å². The molecule has 0 aromatic heterocycles. The summed E-state index contributed by atoms with van der Waals surface area (Å²) in [7, 11) is 3.61. The highest BCUT2D eigenvalue weighted by atomic mass is 35.5. The van der Waals surface area contributed by atoms with Crippen molar-refractivity contribution in [3.8, 4) is 0 Å². The minimum atomic E-state index is 0. The molecule has 1 aliphatic rings. The quantitative estimate of drug-likeness (QED) is 0.662. The van der Waals surface area contributed by atoms with Crippen LogP contribution < -0.4 is 5.32 Å². The second kappa shape index (κ2) is 5.38. The molecule has 1 heterocycles. The monoisotopic (exact) mass is 192 g/mol. The number of piperidine rings is 1. The first-order chi connectivity index (χ1) is 5.22. The Bertz CT molecular complexity index is 144. The average Bonchev–Trinajstić information content (AvgIpc) is 2.05. The fourth-order valence-corrected chi connectivity index (χ4v) is 1.37. The van der Waals surface area contributed by atoms with E-state index in [1.165, 1.54) is 12.8 Å². The molecule has 0 spiro atoms. The average molecular weight is 193 g/mol. The van der Waals surface area contributed by atoms with Crippen LogP contribution in [-0.4, -0.2) is 37.5 Å². The van der Waals surface area contributed by atoms with E-state index in [1.54, 1.807) is 19.0 Å². The molecule has 0 aromatic carbocycles. The molecule has 1 atom stereocenters. The highest BCUT2D eigenvalue weighted by Gasteiger charge is 2.21. The van der Waals surface area contributed by atoms with Crippen molar-refractivity contribution in [2.75, 3.05) is 20.6 Å². The standard InChI is InChI=1S/C8H16N2O.ClH/c1-10(2)8(11)7-5-3-4-6-9-7;/h7,9H,3-6H2,1-2H3;1H. The SMILES string of the molecule is CN(C)C(=O)C1CCCCN1.Cl. The number of hydrogen-bond donors (Lipinski definition) is 1. The molecular formula is C8H17ClN2O. The van der Waals surface area contributed by atoms with Crippen LogP contribution in [0.15, 0.2) is 0 Å². The summed E-state index contributed by atoms with van der Waals surface area (Å²) in [6.07, 6.45) is 3.38. The van der Waals surface area contributed by atoms with E-state index in [9.17, 15) is 4.79 Å². The number of likely N-dealkylation sites (N-methyl/N-ethyl adjacent to an activating group) is 1. The van der Waals surface area contributed by atoms with Gasteiger partial charge in [-0.3, -0.25) is 4.79 Å². The summed E-state index contributed by atoms with van der Waals surface area (Å²) in [5, 5.41) is 3.21. The Labute approximate surface area is 79.9 Å². The number of amides is 1. The molecule has 1 unspecified atom stereocenters. The lowest BCUT2D eigenvalue weighted by atomic mass is 10.0. The summed E-state index contributed by atoms with van der Waals surface area (Å²) in [6.45, 7) is 0.990. The number of nitrogens with zero attached hydrogens (tertiary/aromatic N) is 1. The van der Waals surface area contributed by atoms with Crippen LogP contribution in [0.2, 0.25) is 0 Å². The maximum Gasteiger partial charge on any atom is 0.239 e. The Kier molecular flexibility index (Phi) is 5.25. The van der Waals surface area contributed by atoms with Gasteiger partial charge < -0.3 is 10.2 Å². The first-order valence-corrected chi connectivity index (χ1v) is 4.16. The van der Waals surface area contributed by atoms with Crippen molar-refractivity contribution in [2.45, 2.75) is 25.3 Å². The van der Waals surface area contributed by atoms with Crippen LogP contribution in [-0.2, 0) is 4.79 Å². The molecule has 3 nitrogen and oxygen atoms in total. The van der Waals surface area contributed by atoms with Gasteiger partial charge in [0.1, 0.15) is 0 Å². The van der Waals surface area contributed by atoms with Crippen LogP contribution >= 0.6 is 12.4 Å². The molecule has 12 heavy (non-hydrogen) atoms. The fraction of sp³-hybridized carbons (Fsp3) is 0.875. The van der Waals surface area contributed by atoms with E-state index in [0.29, 0.717) is 0 Å². The van der Waals surface area contributed by atoms with Gasteiger partial charge in [0, 0.05) is 14.1 Å². The smallest absolute Gasteiger partial charge is 0.239 e. The molecule has 1 aliphatic heterocycles. The van der Waals surface area contributed by atoms with Gasteiger partial charge in [0.25, 0.3) is 0 Å². The zero-order valence-corrected chi connectivity index (χ0v) is 8.49. The van der Waals surface area contributed by atoms with Crippen LogP contribution in [0.3, 0.4) is 0 Å². The number of carbonyl (C=O) groups is 1. The van der Waals surface area contributed by atoms with Gasteiger partial charge in [-0.15, -0.1) is 12.4 Å². The van der Waals surface area contributed by atoms with Crippen molar-refractivity contribution in [3.05, 3.63) is 0 Å². The number of rotatable bonds is 1. The van der Waals surface area contributed by atoms with E-state index in [1.807, 2.05) is 0 Å². The van der Waals surface area contributed by atoms with Gasteiger partial charge in [-0.2, -0.15) is 0 Å². The van der Waals surface area contributed by atoms with E-state index in [0.717, 1.165) is 13.0 Å². The minimum absolute atomic E-state index is 0. The van der Waals surface area contributed by atoms with Crippen LogP contribution in [0, 0.1) is 0 Å². The van der Waals surface area contributed by atoms with Crippen molar-refractivity contribution in [3.63, 3.8) is 0 Å². The van der Waals surface area contributed by atoms with Crippen molar-refractivity contribution >= 4 is 18.3 Å². The molecule has 72 valence electrons. The maximum atomic E-state index is 11.4. The molecular weight excluding hydrogens is 176 g/mol. The highest BCUT2D eigenvalue weighted by molar-refractivity contribution is 5.85. The van der Waals surface area contributed by atoms with Gasteiger partial charge in [0.2, 0.25) is 5.91 Å². The van der Waals surface area contributed by atoms with Gasteiger partial charge in [-0.05, 0) is 19.4 Å². The number of halogens is 1. The van der Waals surface area contributed by atoms with Gasteiger partial charge in [0.15, 0.2) is 0 Å². The van der Waals surface area contributed by atoms with Crippen LogP contribution in [0.25, 0.3) is 0 Å². The largest absolute Gasteiger partial charge is 0.347 e. The van der Waals surface area contributed by atoms with E-state index in [-0.39, 0.29) is 24.4 Å². The third kappa shape index (κ3) is 2.99. The van der Waals surface area contributed by atoms with Crippen LogP contribution in [0.5, 0.6) is 0 Å². The Hall–Kier alpha value is -0.280. The first kappa shape index (κ1) is 11.7. The highest BCUT2D eigenvalue weighted by Crippen LogP contribution is 2.07. The lowest BCUT2D eigenvalue weighted by Crippen LogP contribution is -2.45. The predicted molar refractivity (Wildman–Crippen MR) is 51.6 cm³/mol. The number of nitrogens with one attached hydrogen (secondary N) is 1. The van der Waals surface area contributed by atoms with Crippen molar-refractivity contribution in [2.24, 2.45) is 0 Å². The van der Waals surface area contributed by atoms with Crippen LogP contribution in [0.1, 0.15) is 19.3 Å². The summed E-state index contributed by atoms with van der Waals surface area (Å²) in [5.41, 5.74) is 0. The second-order valence-corrected chi connectivity index (χ2v) is 3.24. The van der Waals surface area contributed by atoms with Gasteiger partial charge in [-0.25, -0.2) is 0 Å².